The fraction of sp³-hybridized carbons (Fsp3) is 0.385. The Morgan fingerprint density at radius 3 is 3.00 bits per heavy atom. The molecule has 2 aromatic heterocycles. The van der Waals surface area contributed by atoms with Gasteiger partial charge in [-0.05, 0) is 34.5 Å². The van der Waals surface area contributed by atoms with Crippen LogP contribution in [0.2, 0.25) is 0 Å². The third-order valence-electron chi connectivity index (χ3n) is 2.59. The van der Waals surface area contributed by atoms with Gasteiger partial charge in [-0.1, -0.05) is 6.92 Å². The van der Waals surface area contributed by atoms with Gasteiger partial charge >= 0.3 is 0 Å². The van der Waals surface area contributed by atoms with Gasteiger partial charge in [0.2, 0.25) is 5.95 Å². The Hall–Kier alpha value is -1.56. The minimum atomic E-state index is 0.645. The van der Waals surface area contributed by atoms with Gasteiger partial charge in [-0.3, -0.25) is 0 Å². The van der Waals surface area contributed by atoms with E-state index in [0.29, 0.717) is 12.5 Å². The van der Waals surface area contributed by atoms with Gasteiger partial charge in [0.25, 0.3) is 0 Å². The predicted molar refractivity (Wildman–Crippen MR) is 79.3 cm³/mol. The summed E-state index contributed by atoms with van der Waals surface area (Å²) in [4.78, 5) is 10.8. The van der Waals surface area contributed by atoms with E-state index < -0.39 is 0 Å². The van der Waals surface area contributed by atoms with Crippen LogP contribution in [0.25, 0.3) is 0 Å². The van der Waals surface area contributed by atoms with Crippen molar-refractivity contribution < 1.29 is 4.42 Å². The normalized spacial score (nSPS) is 10.5. The Morgan fingerprint density at radius 1 is 1.47 bits per heavy atom. The van der Waals surface area contributed by atoms with Gasteiger partial charge in [0.15, 0.2) is 0 Å². The molecule has 102 valence electrons. The molecule has 0 aliphatic rings. The van der Waals surface area contributed by atoms with Crippen LogP contribution in [0.4, 0.5) is 11.8 Å². The average Bonchev–Trinajstić information content (AvgIpc) is 2.90. The SMILES string of the molecule is CCCNc1ncc(Br)c(N(C)Cc2ccco2)n1. The molecule has 0 saturated heterocycles. The highest BCUT2D eigenvalue weighted by molar-refractivity contribution is 9.10. The zero-order chi connectivity index (χ0) is 13.7. The zero-order valence-corrected chi connectivity index (χ0v) is 12.6. The number of anilines is 2. The molecule has 0 spiro atoms. The molecule has 0 amide bonds. The van der Waals surface area contributed by atoms with Gasteiger partial charge in [0, 0.05) is 19.8 Å². The first kappa shape index (κ1) is 13.9. The molecule has 0 atom stereocenters. The van der Waals surface area contributed by atoms with Crippen LogP contribution in [-0.4, -0.2) is 23.6 Å². The minimum absolute atomic E-state index is 0.645. The molecule has 2 heterocycles. The number of halogens is 1. The molecule has 0 fully saturated rings. The van der Waals surface area contributed by atoms with Crippen molar-refractivity contribution in [3.63, 3.8) is 0 Å². The summed E-state index contributed by atoms with van der Waals surface area (Å²) in [7, 11) is 1.97. The third-order valence-corrected chi connectivity index (χ3v) is 3.15. The first-order valence-electron chi connectivity index (χ1n) is 6.20. The van der Waals surface area contributed by atoms with Gasteiger partial charge in [0.1, 0.15) is 11.6 Å². The summed E-state index contributed by atoms with van der Waals surface area (Å²) in [6.07, 6.45) is 4.47. The van der Waals surface area contributed by atoms with Crippen LogP contribution in [0.1, 0.15) is 19.1 Å². The zero-order valence-electron chi connectivity index (χ0n) is 11.1. The molecule has 0 aliphatic heterocycles. The number of aromatic nitrogens is 2. The first-order valence-corrected chi connectivity index (χ1v) is 7.00. The Morgan fingerprint density at radius 2 is 2.32 bits per heavy atom. The molecule has 5 nitrogen and oxygen atoms in total. The summed E-state index contributed by atoms with van der Waals surface area (Å²) in [6, 6.07) is 3.83. The average molecular weight is 325 g/mol. The second-order valence-electron chi connectivity index (χ2n) is 4.23. The molecular weight excluding hydrogens is 308 g/mol. The Bertz CT molecular complexity index is 515. The van der Waals surface area contributed by atoms with E-state index in [1.807, 2.05) is 24.1 Å². The lowest BCUT2D eigenvalue weighted by atomic mass is 10.4. The van der Waals surface area contributed by atoms with Crippen molar-refractivity contribution in [3.05, 3.63) is 34.8 Å². The molecule has 0 bridgehead atoms. The molecule has 0 radical (unpaired) electrons. The molecule has 0 unspecified atom stereocenters. The second kappa shape index (κ2) is 6.56. The van der Waals surface area contributed by atoms with Crippen molar-refractivity contribution in [1.29, 1.82) is 0 Å². The quantitative estimate of drug-likeness (QED) is 0.883. The smallest absolute Gasteiger partial charge is 0.224 e. The van der Waals surface area contributed by atoms with Gasteiger partial charge in [-0.2, -0.15) is 4.98 Å². The summed E-state index contributed by atoms with van der Waals surface area (Å²) < 4.78 is 6.21. The number of nitrogens with one attached hydrogen (secondary N) is 1. The highest BCUT2D eigenvalue weighted by Crippen LogP contribution is 2.24. The number of hydrogen-bond donors (Lipinski definition) is 1. The largest absolute Gasteiger partial charge is 0.467 e. The summed E-state index contributed by atoms with van der Waals surface area (Å²) in [5, 5.41) is 3.18. The molecule has 2 rings (SSSR count). The Balaban J connectivity index is 2.13. The van der Waals surface area contributed by atoms with Crippen molar-refractivity contribution in [2.45, 2.75) is 19.9 Å². The highest BCUT2D eigenvalue weighted by Gasteiger charge is 2.11. The van der Waals surface area contributed by atoms with E-state index in [9.17, 15) is 0 Å². The maximum Gasteiger partial charge on any atom is 0.224 e. The van der Waals surface area contributed by atoms with Crippen LogP contribution < -0.4 is 10.2 Å². The summed E-state index contributed by atoms with van der Waals surface area (Å²) in [5.74, 6) is 2.38. The lowest BCUT2D eigenvalue weighted by Crippen LogP contribution is -2.19. The molecule has 0 aromatic carbocycles. The molecule has 6 heteroatoms. The van der Waals surface area contributed by atoms with Gasteiger partial charge < -0.3 is 14.6 Å². The van der Waals surface area contributed by atoms with E-state index in [1.165, 1.54) is 0 Å². The van der Waals surface area contributed by atoms with Crippen molar-refractivity contribution >= 4 is 27.7 Å². The monoisotopic (exact) mass is 324 g/mol. The summed E-state index contributed by atoms with van der Waals surface area (Å²) >= 11 is 3.48. The van der Waals surface area contributed by atoms with Crippen molar-refractivity contribution in [3.8, 4) is 0 Å². The molecular formula is C13H17BrN4O. The van der Waals surface area contributed by atoms with Crippen LogP contribution >= 0.6 is 15.9 Å². The van der Waals surface area contributed by atoms with Gasteiger partial charge in [0.05, 0.1) is 17.3 Å². The van der Waals surface area contributed by atoms with Gasteiger partial charge in [-0.15, -0.1) is 0 Å². The molecule has 1 N–H and O–H groups in total. The molecule has 0 aliphatic carbocycles. The van der Waals surface area contributed by atoms with Crippen molar-refractivity contribution in [2.24, 2.45) is 0 Å². The predicted octanol–water partition coefficient (Wildman–Crippen LogP) is 3.29. The third kappa shape index (κ3) is 3.70. The van der Waals surface area contributed by atoms with E-state index in [4.69, 9.17) is 4.42 Å². The van der Waals surface area contributed by atoms with Crippen LogP contribution in [0.5, 0.6) is 0 Å². The van der Waals surface area contributed by atoms with Crippen LogP contribution in [0.3, 0.4) is 0 Å². The van der Waals surface area contributed by atoms with Crippen LogP contribution in [0, 0.1) is 0 Å². The lowest BCUT2D eigenvalue weighted by Gasteiger charge is -2.18. The maximum atomic E-state index is 5.34. The maximum absolute atomic E-state index is 5.34. The van der Waals surface area contributed by atoms with Crippen molar-refractivity contribution in [2.75, 3.05) is 23.8 Å². The number of nitrogens with zero attached hydrogens (tertiary/aromatic N) is 3. The number of rotatable bonds is 6. The Kier molecular flexibility index (Phi) is 4.79. The van der Waals surface area contributed by atoms with E-state index in [-0.39, 0.29) is 0 Å². The fourth-order valence-corrected chi connectivity index (χ4v) is 2.15. The highest BCUT2D eigenvalue weighted by atomic mass is 79.9. The number of furan rings is 1. The second-order valence-corrected chi connectivity index (χ2v) is 5.08. The summed E-state index contributed by atoms with van der Waals surface area (Å²) in [5.41, 5.74) is 0. The summed E-state index contributed by atoms with van der Waals surface area (Å²) in [6.45, 7) is 3.63. The van der Waals surface area contributed by atoms with Crippen LogP contribution in [-0.2, 0) is 6.54 Å². The van der Waals surface area contributed by atoms with E-state index in [1.54, 1.807) is 12.5 Å². The topological polar surface area (TPSA) is 54.2 Å². The van der Waals surface area contributed by atoms with Crippen molar-refractivity contribution in [1.82, 2.24) is 9.97 Å². The fourth-order valence-electron chi connectivity index (χ4n) is 1.66. The van der Waals surface area contributed by atoms with E-state index >= 15 is 0 Å². The lowest BCUT2D eigenvalue weighted by molar-refractivity contribution is 0.507. The first-order chi connectivity index (χ1) is 9.20. The molecule has 0 saturated carbocycles. The molecule has 2 aromatic rings. The number of hydrogen-bond acceptors (Lipinski definition) is 5. The van der Waals surface area contributed by atoms with E-state index in [2.05, 4.69) is 38.1 Å². The Labute approximate surface area is 121 Å². The van der Waals surface area contributed by atoms with Gasteiger partial charge in [-0.25, -0.2) is 4.98 Å². The molecule has 19 heavy (non-hydrogen) atoms. The standard InChI is InChI=1S/C13H17BrN4O/c1-3-6-15-13-16-8-11(14)12(17-13)18(2)9-10-5-4-7-19-10/h4-5,7-8H,3,6,9H2,1-2H3,(H,15,16,17). The van der Waals surface area contributed by atoms with E-state index in [0.717, 1.165) is 29.0 Å². The van der Waals surface area contributed by atoms with Crippen LogP contribution in [0.15, 0.2) is 33.5 Å². The minimum Gasteiger partial charge on any atom is -0.467 e.